The molecule has 2 aromatic rings. The highest BCUT2D eigenvalue weighted by Gasteiger charge is 2.19. The zero-order valence-corrected chi connectivity index (χ0v) is 13.2. The van der Waals surface area contributed by atoms with Crippen molar-refractivity contribution in [2.45, 2.75) is 32.7 Å². The van der Waals surface area contributed by atoms with E-state index in [1.807, 2.05) is 20.8 Å². The molecule has 5 nitrogen and oxygen atoms in total. The van der Waals surface area contributed by atoms with Gasteiger partial charge >= 0.3 is 0 Å². The van der Waals surface area contributed by atoms with Gasteiger partial charge in [-0.2, -0.15) is 0 Å². The zero-order chi connectivity index (χ0) is 17.2. The van der Waals surface area contributed by atoms with Crippen molar-refractivity contribution in [1.29, 1.82) is 5.41 Å². The molecule has 0 aliphatic carbocycles. The molecule has 2 rings (SSSR count). The van der Waals surface area contributed by atoms with Crippen LogP contribution in [0.1, 0.15) is 31.9 Å². The summed E-state index contributed by atoms with van der Waals surface area (Å²) in [4.78, 5) is 8.04. The van der Waals surface area contributed by atoms with Crippen molar-refractivity contribution in [2.24, 2.45) is 0 Å². The SMILES string of the molecule is CC(C)(C)Nc1ncnc(N)c1C(=N)Cc1cc(F)cc(F)c1. The van der Waals surface area contributed by atoms with Gasteiger partial charge in [0, 0.05) is 18.0 Å². The number of halogens is 2. The van der Waals surface area contributed by atoms with Crippen LogP contribution in [0.25, 0.3) is 0 Å². The molecule has 122 valence electrons. The lowest BCUT2D eigenvalue weighted by Crippen LogP contribution is -2.28. The lowest BCUT2D eigenvalue weighted by atomic mass is 10.0. The fraction of sp³-hybridized carbons (Fsp3) is 0.312. The Bertz CT molecular complexity index is 717. The molecule has 0 aliphatic heterocycles. The number of benzene rings is 1. The molecule has 7 heteroatoms. The topological polar surface area (TPSA) is 87.7 Å². The van der Waals surface area contributed by atoms with E-state index < -0.39 is 11.6 Å². The minimum absolute atomic E-state index is 0.0189. The molecule has 4 N–H and O–H groups in total. The number of hydrogen-bond acceptors (Lipinski definition) is 5. The van der Waals surface area contributed by atoms with Crippen LogP contribution >= 0.6 is 0 Å². The van der Waals surface area contributed by atoms with Crippen LogP contribution in [0.5, 0.6) is 0 Å². The third kappa shape index (κ3) is 4.45. The van der Waals surface area contributed by atoms with Crippen molar-refractivity contribution < 1.29 is 8.78 Å². The Morgan fingerprint density at radius 1 is 1.17 bits per heavy atom. The summed E-state index contributed by atoms with van der Waals surface area (Å²) in [6.07, 6.45) is 1.33. The van der Waals surface area contributed by atoms with Crippen LogP contribution in [0.15, 0.2) is 24.5 Å². The Hall–Kier alpha value is -2.57. The van der Waals surface area contributed by atoms with Gasteiger partial charge in [-0.15, -0.1) is 0 Å². The quantitative estimate of drug-likeness (QED) is 0.755. The maximum atomic E-state index is 13.3. The molecule has 0 atom stereocenters. The van der Waals surface area contributed by atoms with Crippen molar-refractivity contribution in [1.82, 2.24) is 9.97 Å². The van der Waals surface area contributed by atoms with Gasteiger partial charge in [0.1, 0.15) is 29.6 Å². The lowest BCUT2D eigenvalue weighted by molar-refractivity contribution is 0.581. The Balaban J connectivity index is 2.35. The van der Waals surface area contributed by atoms with Crippen LogP contribution in [0.4, 0.5) is 20.4 Å². The summed E-state index contributed by atoms with van der Waals surface area (Å²) in [5.74, 6) is -0.795. The van der Waals surface area contributed by atoms with E-state index in [0.717, 1.165) is 6.07 Å². The molecule has 0 amide bonds. The predicted molar refractivity (Wildman–Crippen MR) is 86.7 cm³/mol. The van der Waals surface area contributed by atoms with Crippen molar-refractivity contribution in [3.05, 3.63) is 47.3 Å². The molecule has 0 saturated carbocycles. The van der Waals surface area contributed by atoms with Crippen LogP contribution < -0.4 is 11.1 Å². The number of anilines is 2. The number of nitrogens with two attached hydrogens (primary N) is 1. The number of nitrogens with one attached hydrogen (secondary N) is 2. The second-order valence-electron chi connectivity index (χ2n) is 6.29. The number of nitrogens with zero attached hydrogens (tertiary/aromatic N) is 2. The van der Waals surface area contributed by atoms with E-state index in [9.17, 15) is 8.78 Å². The minimum atomic E-state index is -0.682. The first-order chi connectivity index (χ1) is 10.7. The summed E-state index contributed by atoms with van der Waals surface area (Å²) < 4.78 is 26.6. The van der Waals surface area contributed by atoms with Gasteiger partial charge in [0.2, 0.25) is 0 Å². The fourth-order valence-corrected chi connectivity index (χ4v) is 2.15. The van der Waals surface area contributed by atoms with Crippen molar-refractivity contribution in [3.8, 4) is 0 Å². The van der Waals surface area contributed by atoms with E-state index in [1.54, 1.807) is 0 Å². The van der Waals surface area contributed by atoms with Gasteiger partial charge in [-0.05, 0) is 38.5 Å². The molecule has 0 bridgehead atoms. The molecule has 1 aromatic carbocycles. The Labute approximate surface area is 133 Å². The maximum Gasteiger partial charge on any atom is 0.141 e. The van der Waals surface area contributed by atoms with Gasteiger partial charge in [0.05, 0.1) is 11.3 Å². The number of hydrogen-bond donors (Lipinski definition) is 3. The van der Waals surface area contributed by atoms with Gasteiger partial charge in [0.25, 0.3) is 0 Å². The van der Waals surface area contributed by atoms with E-state index in [2.05, 4.69) is 15.3 Å². The van der Waals surface area contributed by atoms with Gasteiger partial charge in [-0.3, -0.25) is 0 Å². The Morgan fingerprint density at radius 3 is 2.35 bits per heavy atom. The molecule has 0 fully saturated rings. The largest absolute Gasteiger partial charge is 0.383 e. The highest BCUT2D eigenvalue weighted by molar-refractivity contribution is 6.07. The van der Waals surface area contributed by atoms with Gasteiger partial charge in [-0.1, -0.05) is 0 Å². The zero-order valence-electron chi connectivity index (χ0n) is 13.2. The normalized spacial score (nSPS) is 11.3. The van der Waals surface area contributed by atoms with Crippen LogP contribution in [0, 0.1) is 17.0 Å². The standard InChI is InChI=1S/C16H19F2N5/c1-16(2,3)23-15-13(14(20)21-8-22-15)12(19)6-9-4-10(17)7-11(18)5-9/h4-5,7-8,19H,6H2,1-3H3,(H3,20,21,22,23). The summed E-state index contributed by atoms with van der Waals surface area (Å²) >= 11 is 0. The average Bonchev–Trinajstić information content (AvgIpc) is 2.35. The third-order valence-electron chi connectivity index (χ3n) is 2.98. The summed E-state index contributed by atoms with van der Waals surface area (Å²) in [7, 11) is 0. The summed E-state index contributed by atoms with van der Waals surface area (Å²) in [5, 5.41) is 11.4. The first-order valence-corrected chi connectivity index (χ1v) is 7.07. The van der Waals surface area contributed by atoms with E-state index in [0.29, 0.717) is 16.9 Å². The van der Waals surface area contributed by atoms with Crippen LogP contribution in [-0.2, 0) is 6.42 Å². The molecular formula is C16H19F2N5. The van der Waals surface area contributed by atoms with Crippen LogP contribution in [0.2, 0.25) is 0 Å². The highest BCUT2D eigenvalue weighted by Crippen LogP contribution is 2.23. The Kier molecular flexibility index (Phi) is 4.58. The molecule has 1 heterocycles. The average molecular weight is 319 g/mol. The van der Waals surface area contributed by atoms with Crippen LogP contribution in [0.3, 0.4) is 0 Å². The predicted octanol–water partition coefficient (Wildman–Crippen LogP) is 3.16. The van der Waals surface area contributed by atoms with E-state index in [4.69, 9.17) is 11.1 Å². The summed E-state index contributed by atoms with van der Waals surface area (Å²) in [5.41, 5.74) is 6.35. The lowest BCUT2D eigenvalue weighted by Gasteiger charge is -2.23. The van der Waals surface area contributed by atoms with Gasteiger partial charge < -0.3 is 16.5 Å². The molecule has 23 heavy (non-hydrogen) atoms. The second-order valence-corrected chi connectivity index (χ2v) is 6.29. The van der Waals surface area contributed by atoms with E-state index >= 15 is 0 Å². The summed E-state index contributed by atoms with van der Waals surface area (Å²) in [6.45, 7) is 5.84. The minimum Gasteiger partial charge on any atom is -0.383 e. The first kappa shape index (κ1) is 16.8. The first-order valence-electron chi connectivity index (χ1n) is 7.07. The van der Waals surface area contributed by atoms with E-state index in [1.165, 1.54) is 18.5 Å². The van der Waals surface area contributed by atoms with Crippen LogP contribution in [-0.4, -0.2) is 21.2 Å². The molecule has 0 unspecified atom stereocenters. The molecule has 1 aromatic heterocycles. The molecule has 0 spiro atoms. The van der Waals surface area contributed by atoms with Crippen molar-refractivity contribution in [2.75, 3.05) is 11.1 Å². The number of rotatable bonds is 4. The fourth-order valence-electron chi connectivity index (χ4n) is 2.15. The Morgan fingerprint density at radius 2 is 1.78 bits per heavy atom. The highest BCUT2D eigenvalue weighted by atomic mass is 19.1. The van der Waals surface area contributed by atoms with Crippen molar-refractivity contribution >= 4 is 17.3 Å². The van der Waals surface area contributed by atoms with Crippen molar-refractivity contribution in [3.63, 3.8) is 0 Å². The van der Waals surface area contributed by atoms with Gasteiger partial charge in [0.15, 0.2) is 0 Å². The third-order valence-corrected chi connectivity index (χ3v) is 2.98. The summed E-state index contributed by atoms with van der Waals surface area (Å²) in [6, 6.07) is 3.17. The number of nitrogen functional groups attached to an aromatic ring is 1. The molecular weight excluding hydrogens is 300 g/mol. The smallest absolute Gasteiger partial charge is 0.141 e. The monoisotopic (exact) mass is 319 g/mol. The molecule has 0 radical (unpaired) electrons. The van der Waals surface area contributed by atoms with E-state index in [-0.39, 0.29) is 23.5 Å². The van der Waals surface area contributed by atoms with Gasteiger partial charge in [-0.25, -0.2) is 18.7 Å². The second kappa shape index (κ2) is 6.28. The number of aromatic nitrogens is 2. The molecule has 0 saturated heterocycles. The maximum absolute atomic E-state index is 13.3. The molecule has 0 aliphatic rings.